The Morgan fingerprint density at radius 2 is 2.00 bits per heavy atom. The Bertz CT molecular complexity index is 1320. The standard InChI is InChI=1S/C22H21BrN4O6/c1-12(2)20-25-17-9-8-15(23)10-16(17)21(28)26(20)24-11-14-6-5-7-18(27(30)31)19(14)33-13(3)22(29)32-4/h5-13H,1-4H3/t13-/m1/s1. The fourth-order valence-corrected chi connectivity index (χ4v) is 3.44. The van der Waals surface area contributed by atoms with Gasteiger partial charge in [-0.15, -0.1) is 0 Å². The zero-order chi connectivity index (χ0) is 24.3. The van der Waals surface area contributed by atoms with Crippen molar-refractivity contribution in [3.63, 3.8) is 0 Å². The summed E-state index contributed by atoms with van der Waals surface area (Å²) in [5.74, 6) is -0.580. The first kappa shape index (κ1) is 24.1. The molecule has 0 bridgehead atoms. The molecule has 0 saturated heterocycles. The molecule has 0 fully saturated rings. The van der Waals surface area contributed by atoms with Crippen molar-refractivity contribution in [2.75, 3.05) is 7.11 Å². The van der Waals surface area contributed by atoms with E-state index in [1.165, 1.54) is 38.4 Å². The topological polar surface area (TPSA) is 126 Å². The SMILES string of the molecule is COC(=O)[C@@H](C)Oc1c(C=Nn2c(C(C)C)nc3ccc(Br)cc3c2=O)cccc1[N+](=O)[O-]. The molecule has 11 heteroatoms. The third kappa shape index (κ3) is 5.08. The van der Waals surface area contributed by atoms with E-state index in [1.54, 1.807) is 18.2 Å². The zero-order valence-electron chi connectivity index (χ0n) is 18.3. The number of ether oxygens (including phenoxy) is 2. The van der Waals surface area contributed by atoms with Crippen molar-refractivity contribution in [3.05, 3.63) is 72.7 Å². The summed E-state index contributed by atoms with van der Waals surface area (Å²) in [6.07, 6.45) is 0.169. The molecule has 0 aliphatic heterocycles. The van der Waals surface area contributed by atoms with Crippen LogP contribution >= 0.6 is 15.9 Å². The Morgan fingerprint density at radius 3 is 2.64 bits per heavy atom. The number of esters is 1. The highest BCUT2D eigenvalue weighted by atomic mass is 79.9. The molecule has 172 valence electrons. The first-order chi connectivity index (χ1) is 15.6. The fraction of sp³-hybridized carbons (Fsp3) is 0.273. The number of nitro groups is 1. The number of carbonyl (C=O) groups is 1. The number of methoxy groups -OCH3 is 1. The lowest BCUT2D eigenvalue weighted by molar-refractivity contribution is -0.386. The predicted octanol–water partition coefficient (Wildman–Crippen LogP) is 4.01. The van der Waals surface area contributed by atoms with Gasteiger partial charge in [-0.2, -0.15) is 9.78 Å². The van der Waals surface area contributed by atoms with E-state index >= 15 is 0 Å². The Balaban J connectivity index is 2.17. The van der Waals surface area contributed by atoms with E-state index in [0.717, 1.165) is 4.68 Å². The minimum absolute atomic E-state index is 0.136. The van der Waals surface area contributed by atoms with E-state index in [9.17, 15) is 19.7 Å². The first-order valence-corrected chi connectivity index (χ1v) is 10.7. The summed E-state index contributed by atoms with van der Waals surface area (Å²) in [5, 5.41) is 16.2. The molecule has 0 saturated carbocycles. The average Bonchev–Trinajstić information content (AvgIpc) is 2.78. The summed E-state index contributed by atoms with van der Waals surface area (Å²) < 4.78 is 12.1. The molecule has 0 aliphatic rings. The number of carbonyl (C=O) groups excluding carboxylic acids is 1. The lowest BCUT2D eigenvalue weighted by Crippen LogP contribution is -2.26. The number of hydrogen-bond donors (Lipinski definition) is 0. The van der Waals surface area contributed by atoms with Gasteiger partial charge >= 0.3 is 11.7 Å². The number of halogens is 1. The number of hydrogen-bond acceptors (Lipinski definition) is 8. The van der Waals surface area contributed by atoms with Crippen molar-refractivity contribution >= 4 is 44.7 Å². The molecule has 0 N–H and O–H groups in total. The molecular weight excluding hydrogens is 496 g/mol. The van der Waals surface area contributed by atoms with Gasteiger partial charge in [0.15, 0.2) is 6.10 Å². The maximum absolute atomic E-state index is 13.2. The molecule has 0 spiro atoms. The molecule has 1 heterocycles. The minimum Gasteiger partial charge on any atom is -0.471 e. The van der Waals surface area contributed by atoms with Crippen LogP contribution in [0.3, 0.4) is 0 Å². The summed E-state index contributed by atoms with van der Waals surface area (Å²) in [5.41, 5.74) is -0.00991. The van der Waals surface area contributed by atoms with Crippen molar-refractivity contribution in [2.45, 2.75) is 32.8 Å². The summed E-state index contributed by atoms with van der Waals surface area (Å²) in [7, 11) is 1.19. The van der Waals surface area contributed by atoms with E-state index < -0.39 is 22.6 Å². The summed E-state index contributed by atoms with van der Waals surface area (Å²) >= 11 is 3.35. The second-order valence-electron chi connectivity index (χ2n) is 7.38. The van der Waals surface area contributed by atoms with Gasteiger partial charge in [-0.05, 0) is 31.2 Å². The number of aromatic nitrogens is 2. The van der Waals surface area contributed by atoms with Crippen LogP contribution in [0.15, 0.2) is 50.8 Å². The number of para-hydroxylation sites is 1. The molecule has 1 atom stereocenters. The summed E-state index contributed by atoms with van der Waals surface area (Å²) in [6.45, 7) is 5.16. The van der Waals surface area contributed by atoms with Crippen LogP contribution < -0.4 is 10.3 Å². The molecule has 0 unspecified atom stereocenters. The van der Waals surface area contributed by atoms with E-state index in [-0.39, 0.29) is 22.9 Å². The molecule has 3 rings (SSSR count). The highest BCUT2D eigenvalue weighted by Crippen LogP contribution is 2.31. The Hall–Kier alpha value is -3.60. The second kappa shape index (κ2) is 9.90. The molecule has 1 aromatic heterocycles. The van der Waals surface area contributed by atoms with E-state index in [4.69, 9.17) is 4.74 Å². The van der Waals surface area contributed by atoms with Crippen LogP contribution in [0.2, 0.25) is 0 Å². The van der Waals surface area contributed by atoms with Crippen LogP contribution in [0.4, 0.5) is 5.69 Å². The minimum atomic E-state index is -1.10. The lowest BCUT2D eigenvalue weighted by Gasteiger charge is -2.15. The van der Waals surface area contributed by atoms with Crippen molar-refractivity contribution in [3.8, 4) is 5.75 Å². The smallest absolute Gasteiger partial charge is 0.346 e. The van der Waals surface area contributed by atoms with Crippen LogP contribution in [0.1, 0.15) is 38.1 Å². The van der Waals surface area contributed by atoms with Crippen molar-refractivity contribution in [1.82, 2.24) is 9.66 Å². The van der Waals surface area contributed by atoms with E-state index in [1.807, 2.05) is 13.8 Å². The number of nitrogens with zero attached hydrogens (tertiary/aromatic N) is 4. The number of nitro benzene ring substituents is 1. The highest BCUT2D eigenvalue weighted by Gasteiger charge is 2.24. The van der Waals surface area contributed by atoms with Gasteiger partial charge in [0.1, 0.15) is 5.82 Å². The van der Waals surface area contributed by atoms with Crippen LogP contribution in [0, 0.1) is 10.1 Å². The second-order valence-corrected chi connectivity index (χ2v) is 8.30. The van der Waals surface area contributed by atoms with Crippen molar-refractivity contribution < 1.29 is 19.2 Å². The van der Waals surface area contributed by atoms with Gasteiger partial charge in [0.2, 0.25) is 5.75 Å². The van der Waals surface area contributed by atoms with Gasteiger partial charge in [-0.1, -0.05) is 35.8 Å². The van der Waals surface area contributed by atoms with Gasteiger partial charge in [-0.3, -0.25) is 14.9 Å². The van der Waals surface area contributed by atoms with Gasteiger partial charge in [0, 0.05) is 22.0 Å². The lowest BCUT2D eigenvalue weighted by atomic mass is 10.1. The quantitative estimate of drug-likeness (QED) is 0.201. The Morgan fingerprint density at radius 1 is 1.27 bits per heavy atom. The first-order valence-electron chi connectivity index (χ1n) is 9.92. The third-order valence-corrected chi connectivity index (χ3v) is 5.20. The molecule has 0 aliphatic carbocycles. The summed E-state index contributed by atoms with van der Waals surface area (Å²) in [4.78, 5) is 40.5. The molecule has 0 amide bonds. The summed E-state index contributed by atoms with van der Waals surface area (Å²) in [6, 6.07) is 9.42. The van der Waals surface area contributed by atoms with Crippen molar-refractivity contribution in [1.29, 1.82) is 0 Å². The maximum Gasteiger partial charge on any atom is 0.346 e. The van der Waals surface area contributed by atoms with Gasteiger partial charge in [-0.25, -0.2) is 9.78 Å². The van der Waals surface area contributed by atoms with E-state index in [2.05, 4.69) is 30.8 Å². The molecular formula is C22H21BrN4O6. The molecule has 33 heavy (non-hydrogen) atoms. The van der Waals surface area contributed by atoms with E-state index in [0.29, 0.717) is 21.2 Å². The number of benzene rings is 2. The largest absolute Gasteiger partial charge is 0.471 e. The Labute approximate surface area is 197 Å². The highest BCUT2D eigenvalue weighted by molar-refractivity contribution is 9.10. The monoisotopic (exact) mass is 516 g/mol. The van der Waals surface area contributed by atoms with Crippen LogP contribution in [0.25, 0.3) is 10.9 Å². The zero-order valence-corrected chi connectivity index (χ0v) is 19.9. The Kier molecular flexibility index (Phi) is 7.22. The third-order valence-electron chi connectivity index (χ3n) is 4.71. The molecule has 0 radical (unpaired) electrons. The average molecular weight is 517 g/mol. The maximum atomic E-state index is 13.2. The normalized spacial score (nSPS) is 12.3. The fourth-order valence-electron chi connectivity index (χ4n) is 3.08. The predicted molar refractivity (Wildman–Crippen MR) is 126 cm³/mol. The van der Waals surface area contributed by atoms with Crippen LogP contribution in [-0.2, 0) is 9.53 Å². The van der Waals surface area contributed by atoms with Crippen LogP contribution in [0.5, 0.6) is 5.75 Å². The van der Waals surface area contributed by atoms with Gasteiger partial charge in [0.25, 0.3) is 5.56 Å². The van der Waals surface area contributed by atoms with Crippen molar-refractivity contribution in [2.24, 2.45) is 5.10 Å². The molecule has 3 aromatic rings. The molecule has 2 aromatic carbocycles. The van der Waals surface area contributed by atoms with Crippen LogP contribution in [-0.4, -0.2) is 40.0 Å². The van der Waals surface area contributed by atoms with Gasteiger partial charge in [0.05, 0.1) is 29.2 Å². The number of rotatable bonds is 7. The van der Waals surface area contributed by atoms with Gasteiger partial charge < -0.3 is 9.47 Å². The molecule has 10 nitrogen and oxygen atoms in total. The number of fused-ring (bicyclic) bond motifs is 1.